The van der Waals surface area contributed by atoms with Crippen molar-refractivity contribution in [3.05, 3.63) is 24.2 Å². The van der Waals surface area contributed by atoms with Crippen molar-refractivity contribution < 1.29 is 4.42 Å². The van der Waals surface area contributed by atoms with Gasteiger partial charge in [-0.2, -0.15) is 0 Å². The SMILES string of the molecule is CC(C)(c1ccoc1)C1(N)CC1. The maximum Gasteiger partial charge on any atom is 0.0940 e. The first kappa shape index (κ1) is 7.87. The van der Waals surface area contributed by atoms with E-state index in [0.717, 1.165) is 12.8 Å². The first-order chi connectivity index (χ1) is 5.56. The van der Waals surface area contributed by atoms with Crippen molar-refractivity contribution in [1.29, 1.82) is 0 Å². The van der Waals surface area contributed by atoms with Gasteiger partial charge in [-0.25, -0.2) is 0 Å². The van der Waals surface area contributed by atoms with Gasteiger partial charge in [0, 0.05) is 11.0 Å². The molecule has 1 aromatic rings. The number of nitrogens with two attached hydrogens (primary N) is 1. The van der Waals surface area contributed by atoms with Crippen molar-refractivity contribution in [3.63, 3.8) is 0 Å². The molecule has 0 radical (unpaired) electrons. The normalized spacial score (nSPS) is 20.9. The van der Waals surface area contributed by atoms with E-state index < -0.39 is 0 Å². The van der Waals surface area contributed by atoms with E-state index >= 15 is 0 Å². The van der Waals surface area contributed by atoms with Crippen LogP contribution in [0.3, 0.4) is 0 Å². The molecule has 0 aromatic carbocycles. The van der Waals surface area contributed by atoms with Crippen molar-refractivity contribution in [3.8, 4) is 0 Å². The van der Waals surface area contributed by atoms with E-state index in [-0.39, 0.29) is 11.0 Å². The summed E-state index contributed by atoms with van der Waals surface area (Å²) >= 11 is 0. The third-order valence-electron chi connectivity index (χ3n) is 3.28. The summed E-state index contributed by atoms with van der Waals surface area (Å²) in [6.45, 7) is 4.37. The molecule has 0 atom stereocenters. The third-order valence-corrected chi connectivity index (χ3v) is 3.28. The van der Waals surface area contributed by atoms with Gasteiger partial charge in [0.2, 0.25) is 0 Å². The van der Waals surface area contributed by atoms with Gasteiger partial charge in [-0.15, -0.1) is 0 Å². The molecule has 0 saturated heterocycles. The number of furan rings is 1. The van der Waals surface area contributed by atoms with Gasteiger partial charge in [0.1, 0.15) is 0 Å². The molecule has 0 spiro atoms. The molecule has 1 aliphatic rings. The molecule has 1 aromatic heterocycles. The maximum atomic E-state index is 6.17. The van der Waals surface area contributed by atoms with Gasteiger partial charge in [0.25, 0.3) is 0 Å². The minimum Gasteiger partial charge on any atom is -0.472 e. The molecule has 66 valence electrons. The zero-order chi connectivity index (χ0) is 8.82. The molecule has 0 amide bonds. The third kappa shape index (κ3) is 0.911. The summed E-state index contributed by atoms with van der Waals surface area (Å²) in [5.41, 5.74) is 7.45. The number of rotatable bonds is 2. The average Bonchev–Trinajstić information content (AvgIpc) is 2.59. The average molecular weight is 165 g/mol. The van der Waals surface area contributed by atoms with Gasteiger partial charge in [-0.05, 0) is 24.5 Å². The Morgan fingerprint density at radius 2 is 2.17 bits per heavy atom. The zero-order valence-electron chi connectivity index (χ0n) is 7.63. The van der Waals surface area contributed by atoms with Crippen molar-refractivity contribution >= 4 is 0 Å². The van der Waals surface area contributed by atoms with Gasteiger partial charge in [-0.3, -0.25) is 0 Å². The van der Waals surface area contributed by atoms with E-state index in [1.54, 1.807) is 12.5 Å². The van der Waals surface area contributed by atoms with Crippen LogP contribution in [0.5, 0.6) is 0 Å². The lowest BCUT2D eigenvalue weighted by Crippen LogP contribution is -2.42. The summed E-state index contributed by atoms with van der Waals surface area (Å²) in [6.07, 6.45) is 5.77. The summed E-state index contributed by atoms with van der Waals surface area (Å²) in [6, 6.07) is 2.01. The van der Waals surface area contributed by atoms with Crippen molar-refractivity contribution in [2.24, 2.45) is 5.73 Å². The summed E-state index contributed by atoms with van der Waals surface area (Å²) < 4.78 is 5.07. The Labute approximate surface area is 72.7 Å². The van der Waals surface area contributed by atoms with Crippen LogP contribution in [0.1, 0.15) is 32.3 Å². The van der Waals surface area contributed by atoms with Crippen LogP contribution >= 0.6 is 0 Å². The van der Waals surface area contributed by atoms with Crippen LogP contribution in [0.15, 0.2) is 23.0 Å². The molecule has 2 rings (SSSR count). The van der Waals surface area contributed by atoms with Crippen LogP contribution < -0.4 is 5.73 Å². The van der Waals surface area contributed by atoms with E-state index in [0.29, 0.717) is 0 Å². The largest absolute Gasteiger partial charge is 0.472 e. The molecule has 0 aliphatic heterocycles. The Hall–Kier alpha value is -0.760. The number of hydrogen-bond acceptors (Lipinski definition) is 2. The second kappa shape index (κ2) is 2.13. The molecule has 2 N–H and O–H groups in total. The Kier molecular flexibility index (Phi) is 1.40. The minimum absolute atomic E-state index is 0.0108. The minimum atomic E-state index is 0.0108. The van der Waals surface area contributed by atoms with E-state index in [4.69, 9.17) is 10.2 Å². The Morgan fingerprint density at radius 3 is 2.58 bits per heavy atom. The molecule has 0 bridgehead atoms. The predicted octanol–water partition coefficient (Wildman–Crippen LogP) is 2.05. The lowest BCUT2D eigenvalue weighted by atomic mass is 9.77. The van der Waals surface area contributed by atoms with E-state index in [1.807, 2.05) is 6.07 Å². The summed E-state index contributed by atoms with van der Waals surface area (Å²) in [4.78, 5) is 0. The quantitative estimate of drug-likeness (QED) is 0.728. The lowest BCUT2D eigenvalue weighted by Gasteiger charge is -2.30. The van der Waals surface area contributed by atoms with Crippen molar-refractivity contribution in [2.75, 3.05) is 0 Å². The van der Waals surface area contributed by atoms with Gasteiger partial charge >= 0.3 is 0 Å². The highest BCUT2D eigenvalue weighted by Crippen LogP contribution is 2.49. The van der Waals surface area contributed by atoms with Crippen LogP contribution in [0.4, 0.5) is 0 Å². The molecular formula is C10H15NO. The highest BCUT2D eigenvalue weighted by atomic mass is 16.3. The molecular weight excluding hydrogens is 150 g/mol. The standard InChI is InChI=1S/C10H15NO/c1-9(2,10(11)4-5-10)8-3-6-12-7-8/h3,6-7H,4-5,11H2,1-2H3. The highest BCUT2D eigenvalue weighted by Gasteiger charge is 2.52. The molecule has 1 fully saturated rings. The molecule has 1 aliphatic carbocycles. The molecule has 2 heteroatoms. The molecule has 1 saturated carbocycles. The fraction of sp³-hybridized carbons (Fsp3) is 0.600. The Bertz CT molecular complexity index is 270. The van der Waals surface area contributed by atoms with E-state index in [2.05, 4.69) is 13.8 Å². The van der Waals surface area contributed by atoms with Crippen LogP contribution in [-0.2, 0) is 5.41 Å². The lowest BCUT2D eigenvalue weighted by molar-refractivity contribution is 0.386. The second-order valence-corrected chi connectivity index (χ2v) is 4.29. The first-order valence-corrected chi connectivity index (χ1v) is 4.38. The van der Waals surface area contributed by atoms with Crippen LogP contribution in [-0.4, -0.2) is 5.54 Å². The molecule has 12 heavy (non-hydrogen) atoms. The summed E-state index contributed by atoms with van der Waals surface area (Å²) in [5, 5.41) is 0. The fourth-order valence-corrected chi connectivity index (χ4v) is 1.67. The summed E-state index contributed by atoms with van der Waals surface area (Å²) in [5.74, 6) is 0. The van der Waals surface area contributed by atoms with Crippen molar-refractivity contribution in [2.45, 2.75) is 37.6 Å². The van der Waals surface area contributed by atoms with E-state index in [9.17, 15) is 0 Å². The Balaban J connectivity index is 2.33. The highest BCUT2D eigenvalue weighted by molar-refractivity contribution is 5.29. The number of hydrogen-bond donors (Lipinski definition) is 1. The molecule has 1 heterocycles. The topological polar surface area (TPSA) is 39.2 Å². The zero-order valence-corrected chi connectivity index (χ0v) is 7.63. The van der Waals surface area contributed by atoms with Crippen LogP contribution in [0.2, 0.25) is 0 Å². The van der Waals surface area contributed by atoms with Crippen LogP contribution in [0.25, 0.3) is 0 Å². The monoisotopic (exact) mass is 165 g/mol. The van der Waals surface area contributed by atoms with E-state index in [1.165, 1.54) is 5.56 Å². The Morgan fingerprint density at radius 1 is 1.50 bits per heavy atom. The van der Waals surface area contributed by atoms with Gasteiger partial charge in [0.15, 0.2) is 0 Å². The first-order valence-electron chi connectivity index (χ1n) is 4.38. The molecule has 2 nitrogen and oxygen atoms in total. The summed E-state index contributed by atoms with van der Waals surface area (Å²) in [7, 11) is 0. The fourth-order valence-electron chi connectivity index (χ4n) is 1.67. The predicted molar refractivity (Wildman–Crippen MR) is 47.9 cm³/mol. The maximum absolute atomic E-state index is 6.17. The van der Waals surface area contributed by atoms with Gasteiger partial charge in [0.05, 0.1) is 12.5 Å². The smallest absolute Gasteiger partial charge is 0.0940 e. The van der Waals surface area contributed by atoms with Gasteiger partial charge in [-0.1, -0.05) is 13.8 Å². The van der Waals surface area contributed by atoms with Crippen molar-refractivity contribution in [1.82, 2.24) is 0 Å². The molecule has 0 unspecified atom stereocenters. The second-order valence-electron chi connectivity index (χ2n) is 4.29. The van der Waals surface area contributed by atoms with Crippen LogP contribution in [0, 0.1) is 0 Å². The van der Waals surface area contributed by atoms with Gasteiger partial charge < -0.3 is 10.2 Å².